The number of Topliss-reactive ketones (excluding diaryl/α,β-unsaturated/α-hetero) is 1. The second kappa shape index (κ2) is 7.15. The molecule has 1 aliphatic rings. The average Bonchev–Trinajstić information content (AvgIpc) is 2.28. The monoisotopic (exact) mass is 239 g/mol. The van der Waals surface area contributed by atoms with Gasteiger partial charge in [-0.1, -0.05) is 33.1 Å². The summed E-state index contributed by atoms with van der Waals surface area (Å²) in [5.41, 5.74) is 5.73. The first-order valence-corrected chi connectivity index (χ1v) is 7.30. The van der Waals surface area contributed by atoms with Gasteiger partial charge < -0.3 is 5.73 Å². The van der Waals surface area contributed by atoms with E-state index in [1.807, 2.05) is 6.92 Å². The predicted molar refractivity (Wildman–Crippen MR) is 72.8 cm³/mol. The third-order valence-corrected chi connectivity index (χ3v) is 4.20. The number of nitrogens with two attached hydrogens (primary N) is 1. The number of carbonyl (C=O) groups excluding carboxylic acids is 1. The SMILES string of the molecule is CC(N)CCCC(C)C(=O)C1CCC(C)CC1. The first kappa shape index (κ1) is 14.7. The molecule has 0 aromatic rings. The third kappa shape index (κ3) is 5.20. The van der Waals surface area contributed by atoms with Crippen molar-refractivity contribution in [3.8, 4) is 0 Å². The zero-order chi connectivity index (χ0) is 12.8. The Bertz CT molecular complexity index is 229. The van der Waals surface area contributed by atoms with E-state index in [0.717, 1.165) is 38.0 Å². The van der Waals surface area contributed by atoms with Crippen molar-refractivity contribution in [1.82, 2.24) is 0 Å². The lowest BCUT2D eigenvalue weighted by molar-refractivity contribution is -0.127. The van der Waals surface area contributed by atoms with Gasteiger partial charge in [0.25, 0.3) is 0 Å². The Balaban J connectivity index is 2.26. The molecule has 0 amide bonds. The van der Waals surface area contributed by atoms with Crippen molar-refractivity contribution in [2.75, 3.05) is 0 Å². The molecule has 2 heteroatoms. The second-order valence-corrected chi connectivity index (χ2v) is 6.17. The topological polar surface area (TPSA) is 43.1 Å². The summed E-state index contributed by atoms with van der Waals surface area (Å²) < 4.78 is 0. The third-order valence-electron chi connectivity index (χ3n) is 4.20. The van der Waals surface area contributed by atoms with Gasteiger partial charge in [-0.05, 0) is 38.5 Å². The smallest absolute Gasteiger partial charge is 0.138 e. The minimum absolute atomic E-state index is 0.243. The fourth-order valence-corrected chi connectivity index (χ4v) is 2.84. The largest absolute Gasteiger partial charge is 0.328 e. The van der Waals surface area contributed by atoms with Crippen molar-refractivity contribution in [2.24, 2.45) is 23.5 Å². The van der Waals surface area contributed by atoms with E-state index in [-0.39, 0.29) is 12.0 Å². The van der Waals surface area contributed by atoms with Crippen LogP contribution in [-0.2, 0) is 4.79 Å². The number of carbonyl (C=O) groups is 1. The Hall–Kier alpha value is -0.370. The molecular formula is C15H29NO. The summed E-state index contributed by atoms with van der Waals surface area (Å²) >= 11 is 0. The van der Waals surface area contributed by atoms with Crippen LogP contribution in [0.4, 0.5) is 0 Å². The highest BCUT2D eigenvalue weighted by atomic mass is 16.1. The van der Waals surface area contributed by atoms with Gasteiger partial charge in [-0.15, -0.1) is 0 Å². The van der Waals surface area contributed by atoms with Crippen LogP contribution in [-0.4, -0.2) is 11.8 Å². The van der Waals surface area contributed by atoms with Gasteiger partial charge in [-0.3, -0.25) is 4.79 Å². The molecule has 0 aromatic carbocycles. The van der Waals surface area contributed by atoms with Gasteiger partial charge in [0.2, 0.25) is 0 Å². The minimum atomic E-state index is 0.243. The van der Waals surface area contributed by atoms with Crippen molar-refractivity contribution in [3.63, 3.8) is 0 Å². The Labute approximate surface area is 106 Å². The van der Waals surface area contributed by atoms with Gasteiger partial charge in [-0.2, -0.15) is 0 Å². The highest BCUT2D eigenvalue weighted by molar-refractivity contribution is 5.83. The summed E-state index contributed by atoms with van der Waals surface area (Å²) in [5.74, 6) is 1.94. The van der Waals surface area contributed by atoms with Gasteiger partial charge in [0.15, 0.2) is 0 Å². The molecule has 0 heterocycles. The molecule has 1 rings (SSSR count). The van der Waals surface area contributed by atoms with E-state index < -0.39 is 0 Å². The van der Waals surface area contributed by atoms with Crippen LogP contribution in [0.2, 0.25) is 0 Å². The molecule has 0 bridgehead atoms. The molecule has 0 saturated heterocycles. The van der Waals surface area contributed by atoms with Crippen molar-refractivity contribution >= 4 is 5.78 Å². The van der Waals surface area contributed by atoms with Crippen LogP contribution in [0.25, 0.3) is 0 Å². The maximum absolute atomic E-state index is 12.2. The van der Waals surface area contributed by atoms with E-state index in [2.05, 4.69) is 13.8 Å². The Kier molecular flexibility index (Phi) is 6.18. The lowest BCUT2D eigenvalue weighted by atomic mass is 9.77. The Morgan fingerprint density at radius 1 is 1.18 bits per heavy atom. The van der Waals surface area contributed by atoms with Gasteiger partial charge in [0.1, 0.15) is 5.78 Å². The molecule has 1 aliphatic carbocycles. The molecule has 0 radical (unpaired) electrons. The van der Waals surface area contributed by atoms with Crippen LogP contribution in [0.3, 0.4) is 0 Å². The lowest BCUT2D eigenvalue weighted by Gasteiger charge is -2.27. The van der Waals surface area contributed by atoms with Crippen molar-refractivity contribution in [2.45, 2.75) is 71.8 Å². The quantitative estimate of drug-likeness (QED) is 0.770. The molecule has 1 fully saturated rings. The zero-order valence-corrected chi connectivity index (χ0v) is 11.7. The van der Waals surface area contributed by atoms with Crippen molar-refractivity contribution in [3.05, 3.63) is 0 Å². The van der Waals surface area contributed by atoms with E-state index in [9.17, 15) is 4.79 Å². The molecule has 100 valence electrons. The summed E-state index contributed by atoms with van der Waals surface area (Å²) in [6, 6.07) is 0.271. The van der Waals surface area contributed by atoms with Gasteiger partial charge >= 0.3 is 0 Å². The second-order valence-electron chi connectivity index (χ2n) is 6.17. The summed E-state index contributed by atoms with van der Waals surface area (Å²) in [5, 5.41) is 0. The number of hydrogen-bond acceptors (Lipinski definition) is 2. The van der Waals surface area contributed by atoms with Crippen LogP contribution < -0.4 is 5.73 Å². The maximum Gasteiger partial charge on any atom is 0.138 e. The molecule has 0 spiro atoms. The van der Waals surface area contributed by atoms with Crippen LogP contribution in [0.1, 0.15) is 65.7 Å². The molecule has 0 aliphatic heterocycles. The van der Waals surface area contributed by atoms with Gasteiger partial charge in [0.05, 0.1) is 0 Å². The summed E-state index contributed by atoms with van der Waals surface area (Å²) in [4.78, 5) is 12.2. The first-order valence-electron chi connectivity index (χ1n) is 7.30. The minimum Gasteiger partial charge on any atom is -0.328 e. The first-order chi connectivity index (χ1) is 8.00. The highest BCUT2D eigenvalue weighted by Gasteiger charge is 2.27. The molecule has 2 unspecified atom stereocenters. The van der Waals surface area contributed by atoms with E-state index in [1.54, 1.807) is 0 Å². The van der Waals surface area contributed by atoms with E-state index in [4.69, 9.17) is 5.73 Å². The van der Waals surface area contributed by atoms with Gasteiger partial charge in [0, 0.05) is 17.9 Å². The van der Waals surface area contributed by atoms with E-state index in [1.165, 1.54) is 12.8 Å². The normalized spacial score (nSPS) is 28.7. The fourth-order valence-electron chi connectivity index (χ4n) is 2.84. The van der Waals surface area contributed by atoms with Gasteiger partial charge in [-0.25, -0.2) is 0 Å². The van der Waals surface area contributed by atoms with Crippen LogP contribution in [0.15, 0.2) is 0 Å². The summed E-state index contributed by atoms with van der Waals surface area (Å²) in [7, 11) is 0. The maximum atomic E-state index is 12.2. The molecular weight excluding hydrogens is 210 g/mol. The fraction of sp³-hybridized carbons (Fsp3) is 0.933. The molecule has 2 atom stereocenters. The standard InChI is InChI=1S/C15H29NO/c1-11-7-9-14(10-8-11)15(17)12(2)5-4-6-13(3)16/h11-14H,4-10,16H2,1-3H3. The number of ketones is 1. The molecule has 1 saturated carbocycles. The molecule has 2 nitrogen and oxygen atoms in total. The van der Waals surface area contributed by atoms with Crippen molar-refractivity contribution < 1.29 is 4.79 Å². The highest BCUT2D eigenvalue weighted by Crippen LogP contribution is 2.31. The van der Waals surface area contributed by atoms with Crippen LogP contribution in [0, 0.1) is 17.8 Å². The molecule has 2 N–H and O–H groups in total. The molecule has 0 aromatic heterocycles. The predicted octanol–water partition coefficient (Wildman–Crippen LogP) is 3.54. The molecule has 17 heavy (non-hydrogen) atoms. The van der Waals surface area contributed by atoms with E-state index >= 15 is 0 Å². The summed E-state index contributed by atoms with van der Waals surface area (Å²) in [6.45, 7) is 6.43. The van der Waals surface area contributed by atoms with E-state index in [0.29, 0.717) is 11.7 Å². The van der Waals surface area contributed by atoms with Crippen LogP contribution in [0.5, 0.6) is 0 Å². The van der Waals surface area contributed by atoms with Crippen molar-refractivity contribution in [1.29, 1.82) is 0 Å². The lowest BCUT2D eigenvalue weighted by Crippen LogP contribution is -2.26. The average molecular weight is 239 g/mol. The Morgan fingerprint density at radius 3 is 2.29 bits per heavy atom. The zero-order valence-electron chi connectivity index (χ0n) is 11.7. The number of rotatable bonds is 6. The number of hydrogen-bond donors (Lipinski definition) is 1. The van der Waals surface area contributed by atoms with Crippen LogP contribution >= 0.6 is 0 Å². The summed E-state index contributed by atoms with van der Waals surface area (Å²) in [6.07, 6.45) is 7.88. The Morgan fingerprint density at radius 2 is 1.76 bits per heavy atom.